The Balaban J connectivity index is 1.71. The van der Waals surface area contributed by atoms with E-state index in [9.17, 15) is 9.90 Å². The van der Waals surface area contributed by atoms with Crippen LogP contribution in [0.1, 0.15) is 35.7 Å². The Morgan fingerprint density at radius 3 is 2.88 bits per heavy atom. The van der Waals surface area contributed by atoms with Gasteiger partial charge in [0.05, 0.1) is 12.1 Å². The molecule has 0 radical (unpaired) electrons. The fourth-order valence-corrected chi connectivity index (χ4v) is 2.89. The van der Waals surface area contributed by atoms with Gasteiger partial charge in [0.1, 0.15) is 18.1 Å². The van der Waals surface area contributed by atoms with E-state index in [0.717, 1.165) is 22.4 Å². The van der Waals surface area contributed by atoms with Gasteiger partial charge in [-0.3, -0.25) is 0 Å². The van der Waals surface area contributed by atoms with Crippen LogP contribution in [0.2, 0.25) is 0 Å². The van der Waals surface area contributed by atoms with Crippen molar-refractivity contribution in [3.63, 3.8) is 0 Å². The fourth-order valence-electron chi connectivity index (χ4n) is 2.89. The van der Waals surface area contributed by atoms with Gasteiger partial charge in [0, 0.05) is 12.6 Å². The lowest BCUT2D eigenvalue weighted by Crippen LogP contribution is -2.41. The molecule has 2 aromatic rings. The third-order valence-corrected chi connectivity index (χ3v) is 4.50. The molecule has 1 heterocycles. The van der Waals surface area contributed by atoms with Gasteiger partial charge in [-0.15, -0.1) is 0 Å². The summed E-state index contributed by atoms with van der Waals surface area (Å²) in [5.41, 5.74) is 3.04. The smallest absolute Gasteiger partial charge is 0.318 e. The summed E-state index contributed by atoms with van der Waals surface area (Å²) in [4.78, 5) is 14.2. The zero-order valence-electron chi connectivity index (χ0n) is 14.1. The van der Waals surface area contributed by atoms with E-state index in [4.69, 9.17) is 4.74 Å². The number of phenols is 1. The van der Waals surface area contributed by atoms with E-state index in [-0.39, 0.29) is 23.9 Å². The number of fused-ring (bicyclic) bond motifs is 1. The SMILES string of the molecule is Cc1ccc2c(c1)[C@H](NC(=O)N(C)[C@H](C)c1cccc(O)c1)CO2. The molecule has 2 atom stereocenters. The zero-order chi connectivity index (χ0) is 17.3. The number of phenolic OH excluding ortho intramolecular Hbond substituents is 1. The first-order valence-corrected chi connectivity index (χ1v) is 8.01. The Hall–Kier alpha value is -2.69. The minimum atomic E-state index is -0.172. The van der Waals surface area contributed by atoms with Crippen molar-refractivity contribution in [3.8, 4) is 11.5 Å². The predicted octanol–water partition coefficient (Wildman–Crippen LogP) is 3.54. The van der Waals surface area contributed by atoms with Crippen molar-refractivity contribution in [2.24, 2.45) is 0 Å². The summed E-state index contributed by atoms with van der Waals surface area (Å²) in [5.74, 6) is 1.02. The number of aromatic hydroxyl groups is 1. The topological polar surface area (TPSA) is 61.8 Å². The molecule has 1 aliphatic heterocycles. The van der Waals surface area contributed by atoms with Crippen LogP contribution in [0.3, 0.4) is 0 Å². The molecule has 0 saturated heterocycles. The Kier molecular flexibility index (Phi) is 4.34. The van der Waals surface area contributed by atoms with E-state index < -0.39 is 0 Å². The molecule has 2 amide bonds. The maximum atomic E-state index is 12.6. The van der Waals surface area contributed by atoms with Crippen LogP contribution >= 0.6 is 0 Å². The summed E-state index contributed by atoms with van der Waals surface area (Å²) >= 11 is 0. The van der Waals surface area contributed by atoms with Crippen LogP contribution in [-0.4, -0.2) is 29.7 Å². The predicted molar refractivity (Wildman–Crippen MR) is 92.2 cm³/mol. The number of carbonyl (C=O) groups is 1. The van der Waals surface area contributed by atoms with Gasteiger partial charge in [0.25, 0.3) is 0 Å². The molecule has 3 rings (SSSR count). The van der Waals surface area contributed by atoms with Crippen LogP contribution in [-0.2, 0) is 0 Å². The number of ether oxygens (including phenoxy) is 1. The number of rotatable bonds is 3. The average Bonchev–Trinajstić information content (AvgIpc) is 2.95. The van der Waals surface area contributed by atoms with Gasteiger partial charge in [-0.05, 0) is 37.6 Å². The molecule has 0 saturated carbocycles. The third kappa shape index (κ3) is 3.15. The highest BCUT2D eigenvalue weighted by molar-refractivity contribution is 5.75. The van der Waals surface area contributed by atoms with Gasteiger partial charge in [-0.2, -0.15) is 0 Å². The van der Waals surface area contributed by atoms with E-state index in [0.29, 0.717) is 6.61 Å². The van der Waals surface area contributed by atoms with Crippen LogP contribution in [0.4, 0.5) is 4.79 Å². The fraction of sp³-hybridized carbons (Fsp3) is 0.316. The number of aryl methyl sites for hydroxylation is 1. The quantitative estimate of drug-likeness (QED) is 0.907. The van der Waals surface area contributed by atoms with E-state index in [1.165, 1.54) is 0 Å². The normalized spacial score (nSPS) is 16.9. The zero-order valence-corrected chi connectivity index (χ0v) is 14.1. The molecule has 24 heavy (non-hydrogen) atoms. The van der Waals surface area contributed by atoms with Crippen molar-refractivity contribution in [1.82, 2.24) is 10.2 Å². The highest BCUT2D eigenvalue weighted by Crippen LogP contribution is 2.33. The molecule has 0 fully saturated rings. The summed E-state index contributed by atoms with van der Waals surface area (Å²) in [5, 5.41) is 12.6. The van der Waals surface area contributed by atoms with Gasteiger partial charge in [0.15, 0.2) is 0 Å². The van der Waals surface area contributed by atoms with Crippen molar-refractivity contribution in [2.45, 2.75) is 25.9 Å². The standard InChI is InChI=1S/C19H22N2O3/c1-12-7-8-18-16(9-12)17(11-24-18)20-19(23)21(3)13(2)14-5-4-6-15(22)10-14/h4-10,13,17,22H,11H2,1-3H3,(H,20,23)/t13-,17-/m1/s1. The first-order valence-electron chi connectivity index (χ1n) is 8.01. The number of amides is 2. The molecule has 5 heteroatoms. The molecular formula is C19H22N2O3. The van der Waals surface area contributed by atoms with Gasteiger partial charge in [-0.1, -0.05) is 29.8 Å². The minimum absolute atomic E-state index is 0.147. The van der Waals surface area contributed by atoms with E-state index in [1.54, 1.807) is 30.1 Å². The Morgan fingerprint density at radius 1 is 1.33 bits per heavy atom. The second-order valence-electron chi connectivity index (χ2n) is 6.24. The van der Waals surface area contributed by atoms with Crippen molar-refractivity contribution < 1.29 is 14.6 Å². The molecule has 126 valence electrons. The van der Waals surface area contributed by atoms with Crippen molar-refractivity contribution in [3.05, 3.63) is 59.2 Å². The van der Waals surface area contributed by atoms with Crippen molar-refractivity contribution in [2.75, 3.05) is 13.7 Å². The number of nitrogens with one attached hydrogen (secondary N) is 1. The van der Waals surface area contributed by atoms with Crippen LogP contribution < -0.4 is 10.1 Å². The number of carbonyl (C=O) groups excluding carboxylic acids is 1. The molecule has 0 aliphatic carbocycles. The average molecular weight is 326 g/mol. The maximum Gasteiger partial charge on any atom is 0.318 e. The Morgan fingerprint density at radius 2 is 2.12 bits per heavy atom. The summed E-state index contributed by atoms with van der Waals surface area (Å²) < 4.78 is 5.64. The first-order chi connectivity index (χ1) is 11.5. The monoisotopic (exact) mass is 326 g/mol. The number of hydrogen-bond donors (Lipinski definition) is 2. The van der Waals surface area contributed by atoms with Crippen LogP contribution in [0.25, 0.3) is 0 Å². The number of hydrogen-bond acceptors (Lipinski definition) is 3. The molecule has 2 aromatic carbocycles. The molecule has 0 aromatic heterocycles. The highest BCUT2D eigenvalue weighted by Gasteiger charge is 2.28. The summed E-state index contributed by atoms with van der Waals surface area (Å²) in [6.07, 6.45) is 0. The van der Waals surface area contributed by atoms with Gasteiger partial charge >= 0.3 is 6.03 Å². The Bertz CT molecular complexity index is 760. The largest absolute Gasteiger partial charge is 0.508 e. The number of urea groups is 1. The third-order valence-electron chi connectivity index (χ3n) is 4.50. The second kappa shape index (κ2) is 6.43. The summed E-state index contributed by atoms with van der Waals surface area (Å²) in [6.45, 7) is 4.39. The van der Waals surface area contributed by atoms with E-state index in [1.807, 2.05) is 38.1 Å². The maximum absolute atomic E-state index is 12.6. The van der Waals surface area contributed by atoms with Crippen LogP contribution in [0, 0.1) is 6.92 Å². The van der Waals surface area contributed by atoms with E-state index >= 15 is 0 Å². The first kappa shape index (κ1) is 16.2. The molecule has 0 unspecified atom stereocenters. The lowest BCUT2D eigenvalue weighted by molar-refractivity contribution is 0.187. The molecule has 0 spiro atoms. The molecule has 5 nitrogen and oxygen atoms in total. The van der Waals surface area contributed by atoms with Crippen molar-refractivity contribution >= 4 is 6.03 Å². The molecule has 1 aliphatic rings. The van der Waals surface area contributed by atoms with Gasteiger partial charge in [-0.25, -0.2) is 4.79 Å². The van der Waals surface area contributed by atoms with Gasteiger partial charge in [0.2, 0.25) is 0 Å². The molecule has 0 bridgehead atoms. The minimum Gasteiger partial charge on any atom is -0.508 e. The van der Waals surface area contributed by atoms with Crippen molar-refractivity contribution in [1.29, 1.82) is 0 Å². The molecule has 2 N–H and O–H groups in total. The Labute approximate surface area is 141 Å². The van der Waals surface area contributed by atoms with Crippen LogP contribution in [0.5, 0.6) is 11.5 Å². The van der Waals surface area contributed by atoms with Gasteiger partial charge < -0.3 is 20.1 Å². The number of benzene rings is 2. The van der Waals surface area contributed by atoms with Crippen LogP contribution in [0.15, 0.2) is 42.5 Å². The summed E-state index contributed by atoms with van der Waals surface area (Å²) in [7, 11) is 1.75. The lowest BCUT2D eigenvalue weighted by atomic mass is 10.1. The second-order valence-corrected chi connectivity index (χ2v) is 6.24. The molecular weight excluding hydrogens is 304 g/mol. The van der Waals surface area contributed by atoms with E-state index in [2.05, 4.69) is 5.32 Å². The highest BCUT2D eigenvalue weighted by atomic mass is 16.5. The summed E-state index contributed by atoms with van der Waals surface area (Å²) in [6, 6.07) is 12.5. The lowest BCUT2D eigenvalue weighted by Gasteiger charge is -2.27. The number of nitrogens with zero attached hydrogens (tertiary/aromatic N) is 1.